The Morgan fingerprint density at radius 3 is 2.46 bits per heavy atom. The Morgan fingerprint density at radius 2 is 1.83 bits per heavy atom. The van der Waals surface area contributed by atoms with Gasteiger partial charge in [-0.25, -0.2) is 0 Å². The molecular weight excluding hydrogens is 318 g/mol. The molecule has 2 aromatic heterocycles. The molecule has 0 atom stereocenters. The molecule has 0 unspecified atom stereocenters. The number of hydrogen-bond donors (Lipinski definition) is 1. The SMILES string of the molecule is Cc1ccc(-n2c(C)cc(/C=N\n3c(C)n[nH]c3=S)c2C)cc1C. The first-order valence-electron chi connectivity index (χ1n) is 7.83. The van der Waals surface area contributed by atoms with Gasteiger partial charge in [-0.2, -0.15) is 14.9 Å². The second kappa shape index (κ2) is 6.20. The Labute approximate surface area is 146 Å². The van der Waals surface area contributed by atoms with Crippen molar-refractivity contribution in [3.8, 4) is 5.69 Å². The Balaban J connectivity index is 2.03. The smallest absolute Gasteiger partial charge is 0.216 e. The minimum atomic E-state index is 0.492. The highest BCUT2D eigenvalue weighted by atomic mass is 32.1. The summed E-state index contributed by atoms with van der Waals surface area (Å²) in [5.41, 5.74) is 7.14. The Bertz CT molecular complexity index is 987. The molecule has 3 rings (SSSR count). The van der Waals surface area contributed by atoms with Crippen LogP contribution in [0.25, 0.3) is 5.69 Å². The molecule has 124 valence electrons. The second-order valence-corrected chi connectivity index (χ2v) is 6.45. The molecular formula is C18H21N5S. The molecule has 0 saturated carbocycles. The third-order valence-corrected chi connectivity index (χ3v) is 4.61. The molecule has 0 amide bonds. The fraction of sp³-hybridized carbons (Fsp3) is 0.278. The van der Waals surface area contributed by atoms with Gasteiger partial charge in [-0.3, -0.25) is 5.10 Å². The average Bonchev–Trinajstić information content (AvgIpc) is 3.00. The van der Waals surface area contributed by atoms with Crippen LogP contribution in [0.3, 0.4) is 0 Å². The van der Waals surface area contributed by atoms with E-state index in [2.05, 4.69) is 71.8 Å². The summed E-state index contributed by atoms with van der Waals surface area (Å²) in [6, 6.07) is 8.66. The molecule has 6 heteroatoms. The molecule has 1 aromatic carbocycles. The lowest BCUT2D eigenvalue weighted by Gasteiger charge is -2.11. The van der Waals surface area contributed by atoms with Crippen LogP contribution in [0.5, 0.6) is 0 Å². The van der Waals surface area contributed by atoms with Crippen molar-refractivity contribution in [3.05, 3.63) is 62.9 Å². The quantitative estimate of drug-likeness (QED) is 0.575. The molecule has 1 N–H and O–H groups in total. The molecule has 0 spiro atoms. The summed E-state index contributed by atoms with van der Waals surface area (Å²) in [7, 11) is 0. The van der Waals surface area contributed by atoms with E-state index in [-0.39, 0.29) is 0 Å². The standard InChI is InChI=1S/C18H21N5S/c1-11-6-7-17(8-12(11)2)22-13(3)9-16(14(22)4)10-19-23-15(5)20-21-18(23)24/h6-10H,1-5H3,(H,21,24)/b19-10-. The predicted molar refractivity (Wildman–Crippen MR) is 99.9 cm³/mol. The zero-order valence-corrected chi connectivity index (χ0v) is 15.4. The Kier molecular flexibility index (Phi) is 4.24. The lowest BCUT2D eigenvalue weighted by Crippen LogP contribution is -2.01. The first kappa shape index (κ1) is 16.4. The molecule has 0 aliphatic heterocycles. The van der Waals surface area contributed by atoms with Crippen molar-refractivity contribution in [2.45, 2.75) is 34.6 Å². The average molecular weight is 339 g/mol. The van der Waals surface area contributed by atoms with Gasteiger partial charge in [-0.05, 0) is 76.2 Å². The van der Waals surface area contributed by atoms with E-state index in [0.717, 1.165) is 17.1 Å². The van der Waals surface area contributed by atoms with Crippen LogP contribution in [-0.2, 0) is 0 Å². The van der Waals surface area contributed by atoms with Gasteiger partial charge in [0.15, 0.2) is 0 Å². The molecule has 0 aliphatic rings. The van der Waals surface area contributed by atoms with Gasteiger partial charge < -0.3 is 4.57 Å². The van der Waals surface area contributed by atoms with Crippen LogP contribution in [0.2, 0.25) is 0 Å². The van der Waals surface area contributed by atoms with Gasteiger partial charge in [0.1, 0.15) is 5.82 Å². The van der Waals surface area contributed by atoms with Crippen molar-refractivity contribution in [1.29, 1.82) is 0 Å². The van der Waals surface area contributed by atoms with Gasteiger partial charge in [0, 0.05) is 22.6 Å². The molecule has 3 aromatic rings. The largest absolute Gasteiger partial charge is 0.318 e. The summed E-state index contributed by atoms with van der Waals surface area (Å²) in [5, 5.41) is 11.3. The predicted octanol–water partition coefficient (Wildman–Crippen LogP) is 4.16. The van der Waals surface area contributed by atoms with Gasteiger partial charge in [0.25, 0.3) is 0 Å². The zero-order chi connectivity index (χ0) is 17.4. The van der Waals surface area contributed by atoms with E-state index in [1.165, 1.54) is 22.5 Å². The number of nitrogens with one attached hydrogen (secondary N) is 1. The summed E-state index contributed by atoms with van der Waals surface area (Å²) >= 11 is 5.18. The first-order chi connectivity index (χ1) is 11.4. The van der Waals surface area contributed by atoms with Crippen LogP contribution in [-0.4, -0.2) is 25.7 Å². The fourth-order valence-electron chi connectivity index (χ4n) is 2.81. The lowest BCUT2D eigenvalue weighted by molar-refractivity contribution is 0.820. The summed E-state index contributed by atoms with van der Waals surface area (Å²) in [6.45, 7) is 10.3. The van der Waals surface area contributed by atoms with Crippen molar-refractivity contribution >= 4 is 18.4 Å². The maximum absolute atomic E-state index is 5.18. The van der Waals surface area contributed by atoms with Crippen molar-refractivity contribution < 1.29 is 0 Å². The first-order valence-corrected chi connectivity index (χ1v) is 8.24. The van der Waals surface area contributed by atoms with Crippen LogP contribution in [0.15, 0.2) is 29.4 Å². The molecule has 2 heterocycles. The number of benzene rings is 1. The highest BCUT2D eigenvalue weighted by Gasteiger charge is 2.10. The van der Waals surface area contributed by atoms with Gasteiger partial charge in [0.05, 0.1) is 6.21 Å². The molecule has 24 heavy (non-hydrogen) atoms. The number of aromatic nitrogens is 4. The number of nitrogens with zero attached hydrogens (tertiary/aromatic N) is 4. The molecule has 0 fully saturated rings. The van der Waals surface area contributed by atoms with Crippen LogP contribution >= 0.6 is 12.2 Å². The second-order valence-electron chi connectivity index (χ2n) is 6.06. The molecule has 0 aliphatic carbocycles. The van der Waals surface area contributed by atoms with Gasteiger partial charge in [-0.15, -0.1) is 0 Å². The van der Waals surface area contributed by atoms with Crippen molar-refractivity contribution in [1.82, 2.24) is 19.4 Å². The van der Waals surface area contributed by atoms with Crippen molar-refractivity contribution in [2.75, 3.05) is 0 Å². The minimum Gasteiger partial charge on any atom is -0.318 e. The minimum absolute atomic E-state index is 0.492. The van der Waals surface area contributed by atoms with E-state index >= 15 is 0 Å². The third-order valence-electron chi connectivity index (χ3n) is 4.34. The molecule has 0 saturated heterocycles. The van der Waals surface area contributed by atoms with Crippen molar-refractivity contribution in [3.63, 3.8) is 0 Å². The third kappa shape index (κ3) is 2.85. The van der Waals surface area contributed by atoms with Gasteiger partial charge in [0.2, 0.25) is 4.77 Å². The normalized spacial score (nSPS) is 11.5. The highest BCUT2D eigenvalue weighted by molar-refractivity contribution is 7.71. The number of H-pyrrole nitrogens is 1. The number of aromatic amines is 1. The maximum Gasteiger partial charge on any atom is 0.216 e. The number of hydrogen-bond acceptors (Lipinski definition) is 3. The van der Waals surface area contributed by atoms with Gasteiger partial charge in [-0.1, -0.05) is 6.07 Å². The maximum atomic E-state index is 5.18. The molecule has 0 radical (unpaired) electrons. The van der Waals surface area contributed by atoms with E-state index < -0.39 is 0 Å². The van der Waals surface area contributed by atoms with E-state index in [0.29, 0.717) is 4.77 Å². The van der Waals surface area contributed by atoms with E-state index in [1.54, 1.807) is 4.68 Å². The van der Waals surface area contributed by atoms with Crippen molar-refractivity contribution in [2.24, 2.45) is 5.10 Å². The number of rotatable bonds is 3. The van der Waals surface area contributed by atoms with E-state index in [1.807, 2.05) is 13.1 Å². The van der Waals surface area contributed by atoms with Gasteiger partial charge >= 0.3 is 0 Å². The molecule has 5 nitrogen and oxygen atoms in total. The van der Waals surface area contributed by atoms with Crippen LogP contribution < -0.4 is 0 Å². The topological polar surface area (TPSA) is 50.9 Å². The lowest BCUT2D eigenvalue weighted by atomic mass is 10.1. The zero-order valence-electron chi connectivity index (χ0n) is 14.6. The fourth-order valence-corrected chi connectivity index (χ4v) is 3.03. The monoisotopic (exact) mass is 339 g/mol. The van der Waals surface area contributed by atoms with E-state index in [9.17, 15) is 0 Å². The summed E-state index contributed by atoms with van der Waals surface area (Å²) in [4.78, 5) is 0. The Morgan fingerprint density at radius 1 is 1.08 bits per heavy atom. The summed E-state index contributed by atoms with van der Waals surface area (Å²) in [6.07, 6.45) is 1.83. The number of aryl methyl sites for hydroxylation is 4. The van der Waals surface area contributed by atoms with Crippen LogP contribution in [0.4, 0.5) is 0 Å². The van der Waals surface area contributed by atoms with Crippen LogP contribution in [0.1, 0.15) is 33.9 Å². The van der Waals surface area contributed by atoms with Crippen LogP contribution in [0, 0.1) is 39.4 Å². The van der Waals surface area contributed by atoms with E-state index in [4.69, 9.17) is 12.2 Å². The Hall–Kier alpha value is -2.47. The summed E-state index contributed by atoms with van der Waals surface area (Å²) in [5.74, 6) is 0.735. The highest BCUT2D eigenvalue weighted by Crippen LogP contribution is 2.22. The molecule has 0 bridgehead atoms. The summed E-state index contributed by atoms with van der Waals surface area (Å²) < 4.78 is 4.36.